The minimum Gasteiger partial charge on any atom is -0.481 e. The molecule has 5 nitrogen and oxygen atoms in total. The molecule has 0 saturated heterocycles. The fourth-order valence-corrected chi connectivity index (χ4v) is 2.97. The molecule has 2 unspecified atom stereocenters. The van der Waals surface area contributed by atoms with E-state index in [-0.39, 0.29) is 34.1 Å². The number of rotatable bonds is 7. The Kier molecular flexibility index (Phi) is 7.12. The van der Waals surface area contributed by atoms with Gasteiger partial charge < -0.3 is 15.5 Å². The fraction of sp³-hybridized carbons (Fsp3) is 0.222. The molecular formula is C18H15Cl2F2NO4. The molecule has 0 radical (unpaired) electrons. The van der Waals surface area contributed by atoms with Crippen LogP contribution in [0.5, 0.6) is 0 Å². The van der Waals surface area contributed by atoms with E-state index in [1.807, 2.05) is 0 Å². The van der Waals surface area contributed by atoms with E-state index in [2.05, 4.69) is 5.32 Å². The standard InChI is InChI=1S/C18H15Cl2F2NO4/c19-12-2-1-3-13(20)16(12)23-15(24)7-6-11(18(26)27)17(25)10-5-4-9(21)8-14(10)22/h1-5,8,11,17,25H,6-7H2,(H,23,24)(H,26,27). The molecule has 0 fully saturated rings. The number of para-hydroxylation sites is 1. The van der Waals surface area contributed by atoms with Gasteiger partial charge >= 0.3 is 5.97 Å². The first-order valence-corrected chi connectivity index (χ1v) is 8.56. The van der Waals surface area contributed by atoms with Gasteiger partial charge in [-0.2, -0.15) is 0 Å². The number of hydrogen-bond acceptors (Lipinski definition) is 3. The fourth-order valence-electron chi connectivity index (χ4n) is 2.48. The number of halogens is 4. The maximum absolute atomic E-state index is 13.8. The zero-order valence-corrected chi connectivity index (χ0v) is 15.3. The van der Waals surface area contributed by atoms with Crippen molar-refractivity contribution in [2.45, 2.75) is 18.9 Å². The zero-order chi connectivity index (χ0) is 20.1. The predicted molar refractivity (Wildman–Crippen MR) is 96.8 cm³/mol. The number of hydrogen-bond donors (Lipinski definition) is 3. The summed E-state index contributed by atoms with van der Waals surface area (Å²) in [6.45, 7) is 0. The highest BCUT2D eigenvalue weighted by Gasteiger charge is 2.30. The first-order valence-electron chi connectivity index (χ1n) is 7.80. The van der Waals surface area contributed by atoms with E-state index >= 15 is 0 Å². The van der Waals surface area contributed by atoms with Crippen LogP contribution < -0.4 is 5.32 Å². The second-order valence-corrected chi connectivity index (χ2v) is 6.55. The van der Waals surface area contributed by atoms with Crippen molar-refractivity contribution in [2.24, 2.45) is 5.92 Å². The van der Waals surface area contributed by atoms with Crippen LogP contribution in [0.1, 0.15) is 24.5 Å². The van der Waals surface area contributed by atoms with E-state index in [9.17, 15) is 28.6 Å². The van der Waals surface area contributed by atoms with E-state index in [0.717, 1.165) is 12.1 Å². The second kappa shape index (κ2) is 9.12. The molecule has 0 saturated carbocycles. The molecule has 0 aliphatic rings. The van der Waals surface area contributed by atoms with E-state index in [1.165, 1.54) is 12.1 Å². The van der Waals surface area contributed by atoms with Crippen LogP contribution in [-0.2, 0) is 9.59 Å². The quantitative estimate of drug-likeness (QED) is 0.621. The molecule has 0 aromatic heterocycles. The highest BCUT2D eigenvalue weighted by atomic mass is 35.5. The Morgan fingerprint density at radius 3 is 2.30 bits per heavy atom. The third kappa shape index (κ3) is 5.38. The largest absolute Gasteiger partial charge is 0.481 e. The highest BCUT2D eigenvalue weighted by Crippen LogP contribution is 2.31. The van der Waals surface area contributed by atoms with E-state index in [4.69, 9.17) is 23.2 Å². The van der Waals surface area contributed by atoms with Gasteiger partial charge in [-0.05, 0) is 24.6 Å². The van der Waals surface area contributed by atoms with Crippen molar-refractivity contribution in [3.05, 3.63) is 63.6 Å². The van der Waals surface area contributed by atoms with Crippen LogP contribution in [0.4, 0.5) is 14.5 Å². The molecule has 2 rings (SSSR count). The third-order valence-corrected chi connectivity index (χ3v) is 4.52. The summed E-state index contributed by atoms with van der Waals surface area (Å²) in [4.78, 5) is 23.5. The average Bonchev–Trinajstić information content (AvgIpc) is 2.58. The number of aliphatic hydroxyl groups is 1. The Morgan fingerprint density at radius 1 is 1.11 bits per heavy atom. The molecule has 1 amide bonds. The van der Waals surface area contributed by atoms with Crippen molar-refractivity contribution in [3.8, 4) is 0 Å². The smallest absolute Gasteiger partial charge is 0.309 e. The van der Waals surface area contributed by atoms with Gasteiger partial charge in [0.2, 0.25) is 5.91 Å². The lowest BCUT2D eigenvalue weighted by Crippen LogP contribution is -2.25. The number of carbonyl (C=O) groups excluding carboxylic acids is 1. The van der Waals surface area contributed by atoms with Crippen LogP contribution in [-0.4, -0.2) is 22.1 Å². The van der Waals surface area contributed by atoms with Crippen molar-refractivity contribution in [2.75, 3.05) is 5.32 Å². The van der Waals surface area contributed by atoms with Gasteiger partial charge in [0, 0.05) is 18.1 Å². The molecule has 0 spiro atoms. The molecule has 9 heteroatoms. The summed E-state index contributed by atoms with van der Waals surface area (Å²) in [5, 5.41) is 22.4. The maximum Gasteiger partial charge on any atom is 0.309 e. The van der Waals surface area contributed by atoms with Crippen molar-refractivity contribution in [3.63, 3.8) is 0 Å². The number of aliphatic hydroxyl groups excluding tert-OH is 1. The molecule has 27 heavy (non-hydrogen) atoms. The monoisotopic (exact) mass is 417 g/mol. The lowest BCUT2D eigenvalue weighted by molar-refractivity contribution is -0.146. The molecule has 0 heterocycles. The van der Waals surface area contributed by atoms with Crippen LogP contribution in [0.15, 0.2) is 36.4 Å². The summed E-state index contributed by atoms with van der Waals surface area (Å²) >= 11 is 11.9. The molecule has 144 valence electrons. The van der Waals surface area contributed by atoms with Crippen LogP contribution in [0.2, 0.25) is 10.0 Å². The number of aliphatic carboxylic acids is 1. The Bertz CT molecular complexity index is 843. The van der Waals surface area contributed by atoms with Gasteiger partial charge in [0.15, 0.2) is 0 Å². The van der Waals surface area contributed by atoms with Crippen LogP contribution in [0.25, 0.3) is 0 Å². The average molecular weight is 418 g/mol. The lowest BCUT2D eigenvalue weighted by Gasteiger charge is -2.20. The second-order valence-electron chi connectivity index (χ2n) is 5.74. The summed E-state index contributed by atoms with van der Waals surface area (Å²) in [6.07, 6.45) is -2.33. The first-order chi connectivity index (χ1) is 12.7. The van der Waals surface area contributed by atoms with Gasteiger partial charge in [0.05, 0.1) is 27.8 Å². The molecule has 3 N–H and O–H groups in total. The van der Waals surface area contributed by atoms with E-state index in [0.29, 0.717) is 6.07 Å². The summed E-state index contributed by atoms with van der Waals surface area (Å²) in [5.41, 5.74) is -0.179. The van der Waals surface area contributed by atoms with E-state index in [1.54, 1.807) is 6.07 Å². The zero-order valence-electron chi connectivity index (χ0n) is 13.8. The molecule has 0 aliphatic heterocycles. The van der Waals surface area contributed by atoms with E-state index < -0.39 is 35.5 Å². The van der Waals surface area contributed by atoms with Crippen LogP contribution in [0, 0.1) is 17.6 Å². The van der Waals surface area contributed by atoms with Crippen LogP contribution in [0.3, 0.4) is 0 Å². The van der Waals surface area contributed by atoms with Gasteiger partial charge in [-0.15, -0.1) is 0 Å². The molecule has 2 aromatic rings. The number of amides is 1. The predicted octanol–water partition coefficient (Wildman–Crippen LogP) is 4.42. The van der Waals surface area contributed by atoms with Crippen LogP contribution >= 0.6 is 23.2 Å². The SMILES string of the molecule is O=C(CCC(C(=O)O)C(O)c1ccc(F)cc1F)Nc1c(Cl)cccc1Cl. The summed E-state index contributed by atoms with van der Waals surface area (Å²) < 4.78 is 26.8. The Morgan fingerprint density at radius 2 is 1.74 bits per heavy atom. The molecule has 0 aliphatic carbocycles. The molecule has 2 atom stereocenters. The Balaban J connectivity index is 2.08. The minimum absolute atomic E-state index is 0.183. The summed E-state index contributed by atoms with van der Waals surface area (Å²) in [7, 11) is 0. The Labute approximate surface area is 163 Å². The Hall–Kier alpha value is -2.22. The van der Waals surface area contributed by atoms with Gasteiger partial charge in [-0.3, -0.25) is 9.59 Å². The highest BCUT2D eigenvalue weighted by molar-refractivity contribution is 6.39. The number of anilines is 1. The number of carboxylic acid groups (broad SMARTS) is 1. The van der Waals surface area contributed by atoms with Crippen molar-refractivity contribution < 1.29 is 28.6 Å². The molecule has 2 aromatic carbocycles. The number of benzene rings is 2. The topological polar surface area (TPSA) is 86.6 Å². The first kappa shape index (κ1) is 21.1. The van der Waals surface area contributed by atoms with Gasteiger partial charge in [0.1, 0.15) is 11.6 Å². The lowest BCUT2D eigenvalue weighted by atomic mass is 9.91. The van der Waals surface area contributed by atoms with Crippen molar-refractivity contribution in [1.82, 2.24) is 0 Å². The number of nitrogens with one attached hydrogen (secondary N) is 1. The summed E-state index contributed by atoms with van der Waals surface area (Å²) in [6, 6.07) is 7.05. The number of carbonyl (C=O) groups is 2. The van der Waals surface area contributed by atoms with Gasteiger partial charge in [-0.1, -0.05) is 35.3 Å². The molecule has 0 bridgehead atoms. The maximum atomic E-state index is 13.8. The van der Waals surface area contributed by atoms with Gasteiger partial charge in [0.25, 0.3) is 0 Å². The van der Waals surface area contributed by atoms with Crippen molar-refractivity contribution in [1.29, 1.82) is 0 Å². The summed E-state index contributed by atoms with van der Waals surface area (Å²) in [5.74, 6) is -5.40. The normalized spacial score (nSPS) is 13.1. The van der Waals surface area contributed by atoms with Gasteiger partial charge in [-0.25, -0.2) is 8.78 Å². The molecular weight excluding hydrogens is 403 g/mol. The van der Waals surface area contributed by atoms with Crippen molar-refractivity contribution >= 4 is 40.8 Å². The number of carboxylic acids is 1. The minimum atomic E-state index is -1.75. The third-order valence-electron chi connectivity index (χ3n) is 3.89.